The van der Waals surface area contributed by atoms with Gasteiger partial charge in [0.1, 0.15) is 5.75 Å². The fraction of sp³-hybridized carbons (Fsp3) is 0.133. The van der Waals surface area contributed by atoms with Crippen LogP contribution in [0.2, 0.25) is 0 Å². The van der Waals surface area contributed by atoms with Crippen molar-refractivity contribution in [2.45, 2.75) is 5.25 Å². The fourth-order valence-corrected chi connectivity index (χ4v) is 3.40. The minimum Gasteiger partial charge on any atom is -0.294 e. The molecule has 2 rings (SSSR count). The van der Waals surface area contributed by atoms with Crippen molar-refractivity contribution in [1.29, 1.82) is 0 Å². The summed E-state index contributed by atoms with van der Waals surface area (Å²) in [5, 5.41) is -0.284. The van der Waals surface area contributed by atoms with E-state index in [9.17, 15) is 9.00 Å². The summed E-state index contributed by atoms with van der Waals surface area (Å²) in [6.07, 6.45) is 0. The van der Waals surface area contributed by atoms with Crippen LogP contribution in [0.4, 0.5) is 0 Å². The van der Waals surface area contributed by atoms with Gasteiger partial charge in [0.15, 0.2) is 0 Å². The molecule has 98 valence electrons. The highest BCUT2D eigenvalue weighted by molar-refractivity contribution is 7.86. The average Bonchev–Trinajstić information content (AvgIpc) is 2.40. The van der Waals surface area contributed by atoms with Gasteiger partial charge in [-0.1, -0.05) is 60.7 Å². The van der Waals surface area contributed by atoms with Crippen LogP contribution in [0.25, 0.3) is 0 Å². The number of hydrogen-bond donors (Lipinski definition) is 1. The summed E-state index contributed by atoms with van der Waals surface area (Å²) >= 11 is 0. The smallest absolute Gasteiger partial charge is 0.294 e. The molecule has 0 saturated heterocycles. The van der Waals surface area contributed by atoms with Crippen molar-refractivity contribution in [2.75, 3.05) is 5.75 Å². The molecule has 0 saturated carbocycles. The number of rotatable bonds is 5. The van der Waals surface area contributed by atoms with E-state index in [0.29, 0.717) is 0 Å². The SMILES string of the molecule is [NH3+]C(=O)CS(=O)C(c1ccccc1)c1ccccc1. The first-order valence-electron chi connectivity index (χ1n) is 6.00. The van der Waals surface area contributed by atoms with E-state index in [0.717, 1.165) is 11.1 Å². The topological polar surface area (TPSA) is 61.8 Å². The molecular weight excluding hydrogens is 258 g/mol. The van der Waals surface area contributed by atoms with Crippen molar-refractivity contribution in [1.82, 2.24) is 0 Å². The molecule has 0 aromatic heterocycles. The predicted octanol–water partition coefficient (Wildman–Crippen LogP) is 1.29. The molecule has 2 aromatic rings. The number of hydrogen-bond acceptors (Lipinski definition) is 2. The number of quaternary nitrogens is 1. The molecule has 0 radical (unpaired) electrons. The molecule has 0 spiro atoms. The van der Waals surface area contributed by atoms with Gasteiger partial charge >= 0.3 is 5.91 Å². The van der Waals surface area contributed by atoms with E-state index in [-0.39, 0.29) is 16.9 Å². The number of amides is 1. The van der Waals surface area contributed by atoms with Gasteiger partial charge in [-0.15, -0.1) is 0 Å². The summed E-state index contributed by atoms with van der Waals surface area (Å²) in [5.41, 5.74) is 5.22. The molecule has 0 fully saturated rings. The van der Waals surface area contributed by atoms with Crippen LogP contribution in [0.15, 0.2) is 60.7 Å². The van der Waals surface area contributed by atoms with Gasteiger partial charge in [-0.05, 0) is 11.1 Å². The largest absolute Gasteiger partial charge is 0.321 e. The Balaban J connectivity index is 2.40. The second-order valence-corrected chi connectivity index (χ2v) is 5.79. The molecule has 0 bridgehead atoms. The lowest BCUT2D eigenvalue weighted by atomic mass is 10.0. The highest BCUT2D eigenvalue weighted by atomic mass is 32.2. The molecule has 2 aromatic carbocycles. The van der Waals surface area contributed by atoms with Gasteiger partial charge in [0.05, 0.1) is 5.25 Å². The third-order valence-corrected chi connectivity index (χ3v) is 4.45. The van der Waals surface area contributed by atoms with Crippen LogP contribution in [-0.4, -0.2) is 15.9 Å². The highest BCUT2D eigenvalue weighted by Crippen LogP contribution is 2.27. The number of carbonyl (C=O) groups excluding carboxylic acids is 1. The Labute approximate surface area is 114 Å². The summed E-state index contributed by atoms with van der Waals surface area (Å²) < 4.78 is 12.4. The first-order chi connectivity index (χ1) is 9.18. The maximum Gasteiger partial charge on any atom is 0.321 e. The quantitative estimate of drug-likeness (QED) is 0.893. The predicted molar refractivity (Wildman–Crippen MR) is 75.6 cm³/mol. The zero-order valence-corrected chi connectivity index (χ0v) is 11.3. The van der Waals surface area contributed by atoms with E-state index in [1.165, 1.54) is 0 Å². The molecule has 1 atom stereocenters. The fourth-order valence-electron chi connectivity index (χ4n) is 1.99. The van der Waals surface area contributed by atoms with E-state index in [4.69, 9.17) is 0 Å². The lowest BCUT2D eigenvalue weighted by molar-refractivity contribution is -0.301. The van der Waals surface area contributed by atoms with E-state index >= 15 is 0 Å². The average molecular weight is 274 g/mol. The lowest BCUT2D eigenvalue weighted by Gasteiger charge is -2.16. The van der Waals surface area contributed by atoms with Gasteiger partial charge in [-0.25, -0.2) is 4.79 Å². The van der Waals surface area contributed by atoms with E-state index < -0.39 is 10.8 Å². The minimum atomic E-state index is -1.30. The molecule has 0 heterocycles. The van der Waals surface area contributed by atoms with Crippen molar-refractivity contribution in [3.8, 4) is 0 Å². The van der Waals surface area contributed by atoms with Crippen LogP contribution in [0.1, 0.15) is 16.4 Å². The summed E-state index contributed by atoms with van der Waals surface area (Å²) in [5.74, 6) is -0.316. The normalized spacial score (nSPS) is 12.3. The van der Waals surface area contributed by atoms with Crippen LogP contribution in [0.3, 0.4) is 0 Å². The van der Waals surface area contributed by atoms with Gasteiger partial charge < -0.3 is 0 Å². The summed E-state index contributed by atoms with van der Waals surface area (Å²) in [6.45, 7) is 0. The zero-order valence-electron chi connectivity index (χ0n) is 10.5. The molecule has 0 aliphatic rings. The lowest BCUT2D eigenvalue weighted by Crippen LogP contribution is -2.59. The molecule has 1 amide bonds. The first-order valence-corrected chi connectivity index (χ1v) is 7.38. The molecule has 1 unspecified atom stereocenters. The molecule has 0 aliphatic carbocycles. The molecule has 3 nitrogen and oxygen atoms in total. The van der Waals surface area contributed by atoms with Gasteiger partial charge in [0.2, 0.25) is 0 Å². The number of carbonyl (C=O) groups is 1. The zero-order chi connectivity index (χ0) is 13.7. The van der Waals surface area contributed by atoms with E-state index in [1.807, 2.05) is 60.7 Å². The van der Waals surface area contributed by atoms with Crippen molar-refractivity contribution >= 4 is 16.7 Å². The Morgan fingerprint density at radius 1 is 0.947 bits per heavy atom. The van der Waals surface area contributed by atoms with Crippen molar-refractivity contribution < 1.29 is 14.7 Å². The van der Waals surface area contributed by atoms with Gasteiger partial charge in [-0.2, -0.15) is 0 Å². The first kappa shape index (κ1) is 13.6. The van der Waals surface area contributed by atoms with Crippen LogP contribution in [0.5, 0.6) is 0 Å². The van der Waals surface area contributed by atoms with Gasteiger partial charge in [0.25, 0.3) is 0 Å². The second kappa shape index (κ2) is 6.41. The van der Waals surface area contributed by atoms with Crippen molar-refractivity contribution in [2.24, 2.45) is 0 Å². The van der Waals surface area contributed by atoms with Crippen LogP contribution in [-0.2, 0) is 15.6 Å². The van der Waals surface area contributed by atoms with Crippen LogP contribution >= 0.6 is 0 Å². The Hall–Kier alpha value is -1.78. The maximum absolute atomic E-state index is 12.4. The Bertz CT molecular complexity index is 530. The van der Waals surface area contributed by atoms with Crippen molar-refractivity contribution in [3.05, 3.63) is 71.8 Å². The molecule has 19 heavy (non-hydrogen) atoms. The molecule has 0 aliphatic heterocycles. The Morgan fingerprint density at radius 2 is 1.37 bits per heavy atom. The monoisotopic (exact) mass is 274 g/mol. The van der Waals surface area contributed by atoms with Gasteiger partial charge in [-0.3, -0.25) is 9.94 Å². The second-order valence-electron chi connectivity index (χ2n) is 4.27. The van der Waals surface area contributed by atoms with E-state index in [2.05, 4.69) is 5.73 Å². The minimum absolute atomic E-state index is 0.0194. The Kier molecular flexibility index (Phi) is 4.60. The van der Waals surface area contributed by atoms with Crippen molar-refractivity contribution in [3.63, 3.8) is 0 Å². The third kappa shape index (κ3) is 3.59. The maximum atomic E-state index is 12.4. The van der Waals surface area contributed by atoms with E-state index in [1.54, 1.807) is 0 Å². The molecular formula is C15H16NO2S+. The van der Waals surface area contributed by atoms with Gasteiger partial charge in [0, 0.05) is 10.8 Å². The summed E-state index contributed by atoms with van der Waals surface area (Å²) in [4.78, 5) is 11.1. The molecule has 3 N–H and O–H groups in total. The number of benzene rings is 2. The summed E-state index contributed by atoms with van der Waals surface area (Å²) in [6, 6.07) is 19.2. The molecule has 4 heteroatoms. The van der Waals surface area contributed by atoms with Crippen LogP contribution in [0, 0.1) is 0 Å². The summed E-state index contributed by atoms with van der Waals surface area (Å²) in [7, 11) is -1.30. The Morgan fingerprint density at radius 3 is 1.74 bits per heavy atom. The standard InChI is InChI=1S/C15H15NO2S/c16-14(17)11-19(18)15(12-7-3-1-4-8-12)13-9-5-2-6-10-13/h1-10,15H,11H2,(H2,16,17)/p+1. The van der Waals surface area contributed by atoms with Crippen LogP contribution < -0.4 is 5.73 Å². The third-order valence-electron chi connectivity index (χ3n) is 2.77. The highest BCUT2D eigenvalue weighted by Gasteiger charge is 2.23.